The molecule has 5 nitrogen and oxygen atoms in total. The van der Waals surface area contributed by atoms with Crippen molar-refractivity contribution in [3.8, 4) is 17.1 Å². The van der Waals surface area contributed by atoms with Crippen LogP contribution in [0.3, 0.4) is 0 Å². The van der Waals surface area contributed by atoms with Gasteiger partial charge in [0.05, 0.1) is 12.4 Å². The van der Waals surface area contributed by atoms with Gasteiger partial charge >= 0.3 is 5.97 Å². The smallest absolute Gasteiger partial charge is 0.316 e. The monoisotopic (exact) mass is 353 g/mol. The van der Waals surface area contributed by atoms with Gasteiger partial charge in [0.15, 0.2) is 11.0 Å². The lowest BCUT2D eigenvalue weighted by Gasteiger charge is -2.11. The largest absolute Gasteiger partial charge is 0.465 e. The second-order valence-corrected chi connectivity index (χ2v) is 6.38. The number of benzene rings is 2. The zero-order chi connectivity index (χ0) is 17.6. The van der Waals surface area contributed by atoms with Crippen LogP contribution in [0.4, 0.5) is 0 Å². The highest BCUT2D eigenvalue weighted by Crippen LogP contribution is 2.28. The van der Waals surface area contributed by atoms with Crippen LogP contribution in [0.2, 0.25) is 0 Å². The Morgan fingerprint density at radius 1 is 1.12 bits per heavy atom. The summed E-state index contributed by atoms with van der Waals surface area (Å²) in [6, 6.07) is 18.0. The van der Waals surface area contributed by atoms with E-state index in [9.17, 15) is 4.79 Å². The van der Waals surface area contributed by atoms with Crippen LogP contribution < -0.4 is 0 Å². The molecule has 0 atom stereocenters. The van der Waals surface area contributed by atoms with E-state index in [1.807, 2.05) is 60.0 Å². The third kappa shape index (κ3) is 4.09. The molecular formula is C19H19N3O2S. The zero-order valence-electron chi connectivity index (χ0n) is 14.2. The van der Waals surface area contributed by atoms with Gasteiger partial charge in [0.1, 0.15) is 0 Å². The fraction of sp³-hybridized carbons (Fsp3) is 0.211. The third-order valence-corrected chi connectivity index (χ3v) is 4.45. The van der Waals surface area contributed by atoms with Crippen LogP contribution in [0, 0.1) is 6.92 Å². The van der Waals surface area contributed by atoms with Gasteiger partial charge in [0, 0.05) is 11.3 Å². The first-order chi connectivity index (χ1) is 12.2. The molecule has 1 heterocycles. The molecule has 0 aliphatic carbocycles. The van der Waals surface area contributed by atoms with Crippen molar-refractivity contribution in [2.75, 3.05) is 12.4 Å². The summed E-state index contributed by atoms with van der Waals surface area (Å²) in [5, 5.41) is 9.32. The van der Waals surface area contributed by atoms with Crippen LogP contribution in [-0.4, -0.2) is 33.1 Å². The Morgan fingerprint density at radius 2 is 1.92 bits per heavy atom. The molecule has 2 aromatic carbocycles. The van der Waals surface area contributed by atoms with E-state index < -0.39 is 0 Å². The van der Waals surface area contributed by atoms with Crippen molar-refractivity contribution in [2.24, 2.45) is 0 Å². The highest BCUT2D eigenvalue weighted by Gasteiger charge is 2.17. The van der Waals surface area contributed by atoms with E-state index in [4.69, 9.17) is 4.74 Å². The van der Waals surface area contributed by atoms with Crippen LogP contribution in [0.1, 0.15) is 12.5 Å². The van der Waals surface area contributed by atoms with E-state index in [1.165, 1.54) is 11.8 Å². The molecule has 25 heavy (non-hydrogen) atoms. The molecular weight excluding hydrogens is 334 g/mol. The minimum atomic E-state index is -0.257. The normalized spacial score (nSPS) is 10.6. The van der Waals surface area contributed by atoms with E-state index in [0.29, 0.717) is 11.8 Å². The average molecular weight is 353 g/mol. The minimum Gasteiger partial charge on any atom is -0.465 e. The molecule has 0 amide bonds. The predicted octanol–water partition coefficient (Wildman–Crippen LogP) is 3.90. The van der Waals surface area contributed by atoms with Crippen molar-refractivity contribution >= 4 is 17.7 Å². The molecule has 0 spiro atoms. The standard InChI is InChI=1S/C19H19N3O2S/c1-3-24-17(23)13-25-19-21-20-18(15-9-5-4-6-10-15)22(19)16-11-7-8-14(2)12-16/h4-12H,3,13H2,1-2H3. The number of nitrogens with zero attached hydrogens (tertiary/aromatic N) is 3. The molecule has 0 unspecified atom stereocenters. The summed E-state index contributed by atoms with van der Waals surface area (Å²) in [5.41, 5.74) is 3.08. The first kappa shape index (κ1) is 17.2. The fourth-order valence-corrected chi connectivity index (χ4v) is 3.21. The van der Waals surface area contributed by atoms with E-state index in [1.54, 1.807) is 6.92 Å². The zero-order valence-corrected chi connectivity index (χ0v) is 15.0. The molecule has 0 fully saturated rings. The number of hydrogen-bond donors (Lipinski definition) is 0. The maximum atomic E-state index is 11.7. The molecule has 0 N–H and O–H groups in total. The lowest BCUT2D eigenvalue weighted by Crippen LogP contribution is -2.08. The second kappa shape index (κ2) is 7.98. The summed E-state index contributed by atoms with van der Waals surface area (Å²) in [6.45, 7) is 4.21. The minimum absolute atomic E-state index is 0.201. The van der Waals surface area contributed by atoms with Crippen LogP contribution in [-0.2, 0) is 9.53 Å². The topological polar surface area (TPSA) is 57.0 Å². The highest BCUT2D eigenvalue weighted by atomic mass is 32.2. The molecule has 0 saturated heterocycles. The molecule has 3 aromatic rings. The maximum Gasteiger partial charge on any atom is 0.316 e. The van der Waals surface area contributed by atoms with Gasteiger partial charge in [0.25, 0.3) is 0 Å². The van der Waals surface area contributed by atoms with Crippen molar-refractivity contribution in [2.45, 2.75) is 19.0 Å². The number of carbonyl (C=O) groups excluding carboxylic acids is 1. The van der Waals surface area contributed by atoms with Gasteiger partial charge in [0.2, 0.25) is 0 Å². The summed E-state index contributed by atoms with van der Waals surface area (Å²) in [7, 11) is 0. The Bertz CT molecular complexity index is 862. The fourth-order valence-electron chi connectivity index (χ4n) is 2.46. The van der Waals surface area contributed by atoms with Crippen molar-refractivity contribution in [1.29, 1.82) is 0 Å². The van der Waals surface area contributed by atoms with Gasteiger partial charge in [-0.2, -0.15) is 0 Å². The number of carbonyl (C=O) groups is 1. The number of esters is 1. The van der Waals surface area contributed by atoms with E-state index in [0.717, 1.165) is 22.6 Å². The first-order valence-electron chi connectivity index (χ1n) is 8.05. The van der Waals surface area contributed by atoms with Crippen LogP contribution in [0.15, 0.2) is 59.8 Å². The Balaban J connectivity index is 2.01. The van der Waals surface area contributed by atoms with Crippen molar-refractivity contribution < 1.29 is 9.53 Å². The van der Waals surface area contributed by atoms with Gasteiger partial charge in [-0.15, -0.1) is 10.2 Å². The molecule has 0 aliphatic heterocycles. The number of hydrogen-bond acceptors (Lipinski definition) is 5. The number of ether oxygens (including phenoxy) is 1. The first-order valence-corrected chi connectivity index (χ1v) is 9.04. The summed E-state index contributed by atoms with van der Waals surface area (Å²) >= 11 is 1.33. The number of aromatic nitrogens is 3. The lowest BCUT2D eigenvalue weighted by atomic mass is 10.2. The summed E-state index contributed by atoms with van der Waals surface area (Å²) < 4.78 is 6.98. The van der Waals surface area contributed by atoms with Crippen molar-refractivity contribution in [1.82, 2.24) is 14.8 Å². The molecule has 3 rings (SSSR count). The molecule has 0 saturated carbocycles. The average Bonchev–Trinajstić information content (AvgIpc) is 3.05. The maximum absolute atomic E-state index is 11.7. The summed E-state index contributed by atoms with van der Waals surface area (Å²) in [5.74, 6) is 0.692. The van der Waals surface area contributed by atoms with E-state index in [-0.39, 0.29) is 11.7 Å². The van der Waals surface area contributed by atoms with Crippen molar-refractivity contribution in [3.63, 3.8) is 0 Å². The molecule has 0 bridgehead atoms. The Labute approximate surface area is 151 Å². The quantitative estimate of drug-likeness (QED) is 0.497. The number of aryl methyl sites for hydroxylation is 1. The molecule has 0 aliphatic rings. The van der Waals surface area contributed by atoms with Gasteiger partial charge in [-0.05, 0) is 31.5 Å². The Hall–Kier alpha value is -2.60. The van der Waals surface area contributed by atoms with Crippen LogP contribution in [0.5, 0.6) is 0 Å². The Kier molecular flexibility index (Phi) is 5.50. The van der Waals surface area contributed by atoms with Crippen LogP contribution in [0.25, 0.3) is 17.1 Å². The second-order valence-electron chi connectivity index (χ2n) is 5.44. The van der Waals surface area contributed by atoms with Gasteiger partial charge < -0.3 is 4.74 Å². The molecule has 0 radical (unpaired) electrons. The molecule has 128 valence electrons. The summed E-state index contributed by atoms with van der Waals surface area (Å²) in [6.07, 6.45) is 0. The lowest BCUT2D eigenvalue weighted by molar-refractivity contribution is -0.139. The third-order valence-electron chi connectivity index (χ3n) is 3.55. The highest BCUT2D eigenvalue weighted by molar-refractivity contribution is 7.99. The predicted molar refractivity (Wildman–Crippen MR) is 98.9 cm³/mol. The van der Waals surface area contributed by atoms with Crippen LogP contribution >= 0.6 is 11.8 Å². The SMILES string of the molecule is CCOC(=O)CSc1nnc(-c2ccccc2)n1-c1cccc(C)c1. The van der Waals surface area contributed by atoms with Crippen molar-refractivity contribution in [3.05, 3.63) is 60.2 Å². The number of thioether (sulfide) groups is 1. The summed E-state index contributed by atoms with van der Waals surface area (Å²) in [4.78, 5) is 11.7. The Morgan fingerprint density at radius 3 is 2.64 bits per heavy atom. The van der Waals surface area contributed by atoms with Gasteiger partial charge in [-0.1, -0.05) is 54.2 Å². The number of rotatable bonds is 6. The van der Waals surface area contributed by atoms with E-state index in [2.05, 4.69) is 16.3 Å². The van der Waals surface area contributed by atoms with E-state index >= 15 is 0 Å². The van der Waals surface area contributed by atoms with Gasteiger partial charge in [-0.3, -0.25) is 9.36 Å². The molecule has 1 aromatic heterocycles. The van der Waals surface area contributed by atoms with Gasteiger partial charge in [-0.25, -0.2) is 0 Å². The molecule has 6 heteroatoms.